The number of nitrogens with zero attached hydrogens (tertiary/aromatic N) is 4. The monoisotopic (exact) mass is 342 g/mol. The van der Waals surface area contributed by atoms with E-state index in [1.165, 1.54) is 0 Å². The topological polar surface area (TPSA) is 88.3 Å². The zero-order valence-electron chi connectivity index (χ0n) is 14.0. The van der Waals surface area contributed by atoms with Gasteiger partial charge in [-0.3, -0.25) is 9.59 Å². The van der Waals surface area contributed by atoms with Gasteiger partial charge in [0.25, 0.3) is 0 Å². The summed E-state index contributed by atoms with van der Waals surface area (Å²) in [5.74, 6) is -0.254. The number of amides is 1. The van der Waals surface area contributed by atoms with Gasteiger partial charge in [0.2, 0.25) is 5.91 Å². The minimum Gasteiger partial charge on any atom is -0.481 e. The molecule has 1 aliphatic rings. The molecule has 1 unspecified atom stereocenters. The van der Waals surface area contributed by atoms with Gasteiger partial charge in [-0.2, -0.15) is 5.10 Å². The third-order valence-corrected chi connectivity index (χ3v) is 4.50. The van der Waals surface area contributed by atoms with Gasteiger partial charge in [0.15, 0.2) is 5.82 Å². The van der Waals surface area contributed by atoms with Gasteiger partial charge in [-0.25, -0.2) is 9.67 Å². The third kappa shape index (κ3) is 4.43. The van der Waals surface area contributed by atoms with E-state index in [1.54, 1.807) is 11.0 Å². The second kappa shape index (κ2) is 7.92. The Morgan fingerprint density at radius 1 is 1.20 bits per heavy atom. The highest BCUT2D eigenvalue weighted by Crippen LogP contribution is 2.21. The molecule has 2 aromatic rings. The molecule has 25 heavy (non-hydrogen) atoms. The fourth-order valence-corrected chi connectivity index (χ4v) is 3.24. The predicted octanol–water partition coefficient (Wildman–Crippen LogP) is 2.19. The molecule has 3 rings (SSSR count). The van der Waals surface area contributed by atoms with E-state index in [0.29, 0.717) is 18.8 Å². The lowest BCUT2D eigenvalue weighted by Crippen LogP contribution is -2.45. The van der Waals surface area contributed by atoms with Crippen LogP contribution in [0.25, 0.3) is 11.4 Å². The Bertz CT molecular complexity index is 729. The van der Waals surface area contributed by atoms with Crippen LogP contribution in [0.5, 0.6) is 0 Å². The predicted molar refractivity (Wildman–Crippen MR) is 91.7 cm³/mol. The maximum Gasteiger partial charge on any atom is 0.303 e. The Hall–Kier alpha value is -2.70. The SMILES string of the molecule is O=C(O)CCC1CCCCN1C(=O)Cn1cnc(-c2ccccc2)n1. The fraction of sp³-hybridized carbons (Fsp3) is 0.444. The number of benzene rings is 1. The molecule has 1 fully saturated rings. The van der Waals surface area contributed by atoms with Crippen molar-refractivity contribution in [2.75, 3.05) is 6.54 Å². The van der Waals surface area contributed by atoms with Crippen LogP contribution in [0.15, 0.2) is 36.7 Å². The first-order chi connectivity index (χ1) is 12.1. The zero-order chi connectivity index (χ0) is 17.6. The van der Waals surface area contributed by atoms with Crippen LogP contribution in [0.4, 0.5) is 0 Å². The van der Waals surface area contributed by atoms with Gasteiger partial charge >= 0.3 is 5.97 Å². The molecule has 1 saturated heterocycles. The normalized spacial score (nSPS) is 17.4. The van der Waals surface area contributed by atoms with Crippen LogP contribution in [0, 0.1) is 0 Å². The number of likely N-dealkylation sites (tertiary alicyclic amines) is 1. The van der Waals surface area contributed by atoms with Crippen LogP contribution in [0.3, 0.4) is 0 Å². The van der Waals surface area contributed by atoms with Gasteiger partial charge in [-0.15, -0.1) is 0 Å². The Morgan fingerprint density at radius 3 is 2.76 bits per heavy atom. The van der Waals surface area contributed by atoms with E-state index < -0.39 is 5.97 Å². The highest BCUT2D eigenvalue weighted by Gasteiger charge is 2.27. The second-order valence-electron chi connectivity index (χ2n) is 6.30. The van der Waals surface area contributed by atoms with E-state index in [-0.39, 0.29) is 24.9 Å². The van der Waals surface area contributed by atoms with Crippen molar-refractivity contribution < 1.29 is 14.7 Å². The van der Waals surface area contributed by atoms with Crippen molar-refractivity contribution in [2.45, 2.75) is 44.7 Å². The van der Waals surface area contributed by atoms with Crippen molar-refractivity contribution in [3.8, 4) is 11.4 Å². The van der Waals surface area contributed by atoms with E-state index in [9.17, 15) is 9.59 Å². The van der Waals surface area contributed by atoms with Crippen LogP contribution in [0.2, 0.25) is 0 Å². The van der Waals surface area contributed by atoms with Gasteiger partial charge in [0.1, 0.15) is 12.9 Å². The van der Waals surface area contributed by atoms with Crippen molar-refractivity contribution in [1.29, 1.82) is 0 Å². The first-order valence-corrected chi connectivity index (χ1v) is 8.59. The van der Waals surface area contributed by atoms with Crippen LogP contribution in [-0.2, 0) is 16.1 Å². The summed E-state index contributed by atoms with van der Waals surface area (Å²) >= 11 is 0. The van der Waals surface area contributed by atoms with Crippen LogP contribution in [-0.4, -0.2) is 49.2 Å². The lowest BCUT2D eigenvalue weighted by Gasteiger charge is -2.35. The molecule has 2 heterocycles. The van der Waals surface area contributed by atoms with E-state index in [0.717, 1.165) is 24.8 Å². The van der Waals surface area contributed by atoms with E-state index in [1.807, 2.05) is 35.2 Å². The highest BCUT2D eigenvalue weighted by molar-refractivity contribution is 5.76. The van der Waals surface area contributed by atoms with Crippen LogP contribution >= 0.6 is 0 Å². The van der Waals surface area contributed by atoms with E-state index in [4.69, 9.17) is 5.11 Å². The Balaban J connectivity index is 1.64. The van der Waals surface area contributed by atoms with Crippen molar-refractivity contribution >= 4 is 11.9 Å². The van der Waals surface area contributed by atoms with Gasteiger partial charge in [0, 0.05) is 24.6 Å². The first-order valence-electron chi connectivity index (χ1n) is 8.59. The molecule has 1 aliphatic heterocycles. The molecule has 0 radical (unpaired) electrons. The third-order valence-electron chi connectivity index (χ3n) is 4.50. The number of carbonyl (C=O) groups is 2. The molecule has 1 amide bonds. The molecule has 1 N–H and O–H groups in total. The van der Waals surface area contributed by atoms with Crippen LogP contribution in [0.1, 0.15) is 32.1 Å². The number of carboxylic acids is 1. The summed E-state index contributed by atoms with van der Waals surface area (Å²) in [6, 6.07) is 9.62. The number of hydrogen-bond acceptors (Lipinski definition) is 4. The minimum atomic E-state index is -0.818. The number of aliphatic carboxylic acids is 1. The molecule has 0 bridgehead atoms. The molecule has 7 heteroatoms. The molecule has 0 spiro atoms. The number of aromatic nitrogens is 3. The highest BCUT2D eigenvalue weighted by atomic mass is 16.4. The van der Waals surface area contributed by atoms with Gasteiger partial charge in [-0.05, 0) is 25.7 Å². The summed E-state index contributed by atoms with van der Waals surface area (Å²) in [6.07, 6.45) is 5.03. The minimum absolute atomic E-state index is 0.00876. The standard InChI is InChI=1S/C18H22N4O3/c23-16(22-11-5-4-8-15(22)9-10-17(24)25)12-21-13-19-18(20-21)14-6-2-1-3-7-14/h1-3,6-7,13,15H,4-5,8-12H2,(H,24,25). The number of carbonyl (C=O) groups excluding carboxylic acids is 1. The summed E-state index contributed by atoms with van der Waals surface area (Å²) < 4.78 is 1.55. The van der Waals surface area contributed by atoms with Crippen molar-refractivity contribution in [3.05, 3.63) is 36.7 Å². The molecule has 132 valence electrons. The number of carboxylic acid groups (broad SMARTS) is 1. The number of hydrogen-bond donors (Lipinski definition) is 1. The van der Waals surface area contributed by atoms with Gasteiger partial charge in [-0.1, -0.05) is 30.3 Å². The Labute approximate surface area is 146 Å². The summed E-state index contributed by atoms with van der Waals surface area (Å²) in [6.45, 7) is 0.812. The average molecular weight is 342 g/mol. The molecule has 7 nitrogen and oxygen atoms in total. The van der Waals surface area contributed by atoms with Crippen LogP contribution < -0.4 is 0 Å². The molecule has 1 aromatic carbocycles. The van der Waals surface area contributed by atoms with Crippen molar-refractivity contribution in [2.24, 2.45) is 0 Å². The molecular formula is C18H22N4O3. The first kappa shape index (κ1) is 17.1. The molecular weight excluding hydrogens is 320 g/mol. The summed E-state index contributed by atoms with van der Waals surface area (Å²) in [7, 11) is 0. The number of rotatable bonds is 6. The average Bonchev–Trinajstić information content (AvgIpc) is 3.09. The molecule has 1 aromatic heterocycles. The van der Waals surface area contributed by atoms with Crippen molar-refractivity contribution in [1.82, 2.24) is 19.7 Å². The van der Waals surface area contributed by atoms with Gasteiger partial charge in [0.05, 0.1) is 0 Å². The lowest BCUT2D eigenvalue weighted by molar-refractivity contribution is -0.140. The molecule has 0 aliphatic carbocycles. The molecule has 0 saturated carbocycles. The Kier molecular flexibility index (Phi) is 5.42. The van der Waals surface area contributed by atoms with Crippen molar-refractivity contribution in [3.63, 3.8) is 0 Å². The largest absolute Gasteiger partial charge is 0.481 e. The zero-order valence-corrected chi connectivity index (χ0v) is 14.0. The fourth-order valence-electron chi connectivity index (χ4n) is 3.24. The lowest BCUT2D eigenvalue weighted by atomic mass is 9.98. The Morgan fingerprint density at radius 2 is 2.00 bits per heavy atom. The van der Waals surface area contributed by atoms with E-state index >= 15 is 0 Å². The molecule has 1 atom stereocenters. The summed E-state index contributed by atoms with van der Waals surface area (Å²) in [5, 5.41) is 13.3. The summed E-state index contributed by atoms with van der Waals surface area (Å²) in [5.41, 5.74) is 0.908. The second-order valence-corrected chi connectivity index (χ2v) is 6.30. The quantitative estimate of drug-likeness (QED) is 0.869. The van der Waals surface area contributed by atoms with E-state index in [2.05, 4.69) is 10.1 Å². The maximum absolute atomic E-state index is 12.7. The summed E-state index contributed by atoms with van der Waals surface area (Å²) in [4.78, 5) is 29.6. The van der Waals surface area contributed by atoms with Gasteiger partial charge < -0.3 is 10.0 Å². The maximum atomic E-state index is 12.7. The number of piperidine rings is 1. The smallest absolute Gasteiger partial charge is 0.303 e.